The quantitative estimate of drug-likeness (QED) is 0.265. The number of hydrogen-bond donors (Lipinski definition) is 0. The SMILES string of the molecule is COc1c(C)c(C)c(OC)c(CP(Cl)(c2ccccc2)(c2ccccc2)c2ccccc2)c1C. The van der Waals surface area contributed by atoms with Crippen molar-refractivity contribution in [2.75, 3.05) is 14.2 Å². The fraction of sp³-hybridized carbons (Fsp3) is 0.200. The summed E-state index contributed by atoms with van der Waals surface area (Å²) in [6.07, 6.45) is 0.609. The van der Waals surface area contributed by atoms with Crippen LogP contribution in [-0.4, -0.2) is 14.2 Å². The van der Waals surface area contributed by atoms with E-state index in [2.05, 4.69) is 93.6 Å². The Labute approximate surface area is 208 Å². The number of ether oxygens (including phenoxy) is 2. The van der Waals surface area contributed by atoms with Crippen LogP contribution < -0.4 is 25.4 Å². The van der Waals surface area contributed by atoms with Crippen molar-refractivity contribution in [1.82, 2.24) is 0 Å². The Morgan fingerprint density at radius 3 is 1.26 bits per heavy atom. The van der Waals surface area contributed by atoms with Crippen molar-refractivity contribution < 1.29 is 9.47 Å². The fourth-order valence-electron chi connectivity index (χ4n) is 5.16. The van der Waals surface area contributed by atoms with E-state index < -0.39 is 5.96 Å². The van der Waals surface area contributed by atoms with Crippen molar-refractivity contribution in [3.8, 4) is 11.5 Å². The Hall–Kier alpha value is -2.80. The molecule has 0 aliphatic heterocycles. The Kier molecular flexibility index (Phi) is 6.76. The van der Waals surface area contributed by atoms with Crippen LogP contribution in [0.2, 0.25) is 0 Å². The molecule has 0 unspecified atom stereocenters. The molecular formula is C30H32ClO2P. The Morgan fingerprint density at radius 2 is 0.912 bits per heavy atom. The topological polar surface area (TPSA) is 18.5 Å². The third-order valence-corrected chi connectivity index (χ3v) is 14.2. The van der Waals surface area contributed by atoms with Gasteiger partial charge in [-0.2, -0.15) is 0 Å². The van der Waals surface area contributed by atoms with E-state index in [1.807, 2.05) is 18.2 Å². The van der Waals surface area contributed by atoms with Gasteiger partial charge in [0.1, 0.15) is 0 Å². The molecule has 0 aliphatic carbocycles. The maximum absolute atomic E-state index is 8.33. The molecule has 0 fully saturated rings. The summed E-state index contributed by atoms with van der Waals surface area (Å²) < 4.78 is 11.9. The summed E-state index contributed by atoms with van der Waals surface area (Å²) in [5.41, 5.74) is 4.33. The number of halogens is 1. The van der Waals surface area contributed by atoms with E-state index in [1.165, 1.54) is 0 Å². The van der Waals surface area contributed by atoms with Gasteiger partial charge in [-0.25, -0.2) is 0 Å². The van der Waals surface area contributed by atoms with E-state index in [0.29, 0.717) is 6.16 Å². The van der Waals surface area contributed by atoms with Gasteiger partial charge in [0.2, 0.25) is 0 Å². The molecule has 0 atom stereocenters. The molecule has 0 saturated carbocycles. The van der Waals surface area contributed by atoms with Gasteiger partial charge in [-0.15, -0.1) is 0 Å². The van der Waals surface area contributed by atoms with Crippen LogP contribution in [0, 0.1) is 20.8 Å². The molecule has 0 aliphatic rings. The number of rotatable bonds is 7. The molecular weight excluding hydrogens is 459 g/mol. The second-order valence-electron chi connectivity index (χ2n) is 8.77. The van der Waals surface area contributed by atoms with Crippen molar-refractivity contribution in [1.29, 1.82) is 0 Å². The van der Waals surface area contributed by atoms with Gasteiger partial charge in [0.15, 0.2) is 0 Å². The van der Waals surface area contributed by atoms with Gasteiger partial charge in [0.25, 0.3) is 0 Å². The number of hydrogen-bond acceptors (Lipinski definition) is 2. The zero-order valence-electron chi connectivity index (χ0n) is 20.5. The molecule has 4 rings (SSSR count). The van der Waals surface area contributed by atoms with Gasteiger partial charge in [-0.05, 0) is 0 Å². The normalized spacial score (nSPS) is 12.6. The van der Waals surface area contributed by atoms with Gasteiger partial charge in [0.05, 0.1) is 0 Å². The monoisotopic (exact) mass is 490 g/mol. The van der Waals surface area contributed by atoms with Crippen LogP contribution in [-0.2, 0) is 6.16 Å². The van der Waals surface area contributed by atoms with Crippen LogP contribution in [0.15, 0.2) is 91.0 Å². The van der Waals surface area contributed by atoms with Crippen LogP contribution in [0.1, 0.15) is 22.3 Å². The van der Waals surface area contributed by atoms with Gasteiger partial charge < -0.3 is 0 Å². The molecule has 0 amide bonds. The average molecular weight is 491 g/mol. The first-order valence-electron chi connectivity index (χ1n) is 11.5. The summed E-state index contributed by atoms with van der Waals surface area (Å²) in [7, 11) is 3.48. The zero-order chi connectivity index (χ0) is 24.4. The van der Waals surface area contributed by atoms with Crippen LogP contribution in [0.3, 0.4) is 0 Å². The van der Waals surface area contributed by atoms with E-state index in [0.717, 1.165) is 49.7 Å². The molecule has 0 bridgehead atoms. The zero-order valence-corrected chi connectivity index (χ0v) is 22.2. The summed E-state index contributed by atoms with van der Waals surface area (Å²) in [5, 5.41) is 3.39. The summed E-state index contributed by atoms with van der Waals surface area (Å²) >= 11 is 8.33. The minimum absolute atomic E-state index is 0.609. The first kappa shape index (κ1) is 24.3. The Bertz CT molecular complexity index is 1190. The van der Waals surface area contributed by atoms with Gasteiger partial charge in [-0.1, -0.05) is 0 Å². The molecule has 0 N–H and O–H groups in total. The first-order valence-corrected chi connectivity index (χ1v) is 14.8. The molecule has 4 heteroatoms. The summed E-state index contributed by atoms with van der Waals surface area (Å²) in [6.45, 7) is 6.29. The summed E-state index contributed by atoms with van der Waals surface area (Å²) in [6, 6.07) is 31.6. The molecule has 0 radical (unpaired) electrons. The first-order chi connectivity index (χ1) is 16.4. The van der Waals surface area contributed by atoms with E-state index >= 15 is 0 Å². The second-order valence-corrected chi connectivity index (χ2v) is 15.2. The van der Waals surface area contributed by atoms with Crippen molar-refractivity contribution in [2.45, 2.75) is 26.9 Å². The molecule has 0 spiro atoms. The number of methoxy groups -OCH3 is 2. The van der Waals surface area contributed by atoms with Crippen molar-refractivity contribution >= 4 is 33.1 Å². The molecule has 0 saturated heterocycles. The van der Waals surface area contributed by atoms with Gasteiger partial charge >= 0.3 is 208 Å². The van der Waals surface area contributed by atoms with Crippen molar-refractivity contribution in [3.05, 3.63) is 113 Å². The molecule has 4 aromatic carbocycles. The van der Waals surface area contributed by atoms with Crippen LogP contribution in [0.4, 0.5) is 0 Å². The molecule has 34 heavy (non-hydrogen) atoms. The Morgan fingerprint density at radius 1 is 0.559 bits per heavy atom. The molecule has 0 heterocycles. The van der Waals surface area contributed by atoms with E-state index in [4.69, 9.17) is 20.7 Å². The average Bonchev–Trinajstić information content (AvgIpc) is 2.89. The fourth-order valence-corrected chi connectivity index (χ4v) is 11.3. The van der Waals surface area contributed by atoms with Gasteiger partial charge in [-0.3, -0.25) is 0 Å². The molecule has 4 aromatic rings. The molecule has 0 aromatic heterocycles. The predicted octanol–water partition coefficient (Wildman–Crippen LogP) is 6.81. The summed E-state index contributed by atoms with van der Waals surface area (Å²) in [5.74, 6) is -1.73. The maximum atomic E-state index is 8.33. The third-order valence-electron chi connectivity index (χ3n) is 7.06. The Balaban J connectivity index is 2.17. The number of benzene rings is 4. The summed E-state index contributed by atoms with van der Waals surface area (Å²) in [4.78, 5) is 0. The van der Waals surface area contributed by atoms with E-state index in [-0.39, 0.29) is 0 Å². The minimum atomic E-state index is -3.51. The molecule has 2 nitrogen and oxygen atoms in total. The standard InChI is InChI=1S/C30H32ClO2P/c1-22-23(2)30(33-5)28(24(3)29(22)32-4)21-34(31,25-15-9-6-10-16-25,26-17-11-7-12-18-26)27-19-13-8-14-20-27/h6-20H,21H2,1-5H3. The predicted molar refractivity (Wildman–Crippen MR) is 148 cm³/mol. The third kappa shape index (κ3) is 3.70. The van der Waals surface area contributed by atoms with E-state index in [9.17, 15) is 0 Å². The second kappa shape index (κ2) is 9.45. The van der Waals surface area contributed by atoms with Crippen molar-refractivity contribution in [3.63, 3.8) is 0 Å². The van der Waals surface area contributed by atoms with Crippen LogP contribution >= 0.6 is 17.2 Å². The molecule has 176 valence electrons. The van der Waals surface area contributed by atoms with Gasteiger partial charge in [0, 0.05) is 0 Å². The van der Waals surface area contributed by atoms with Crippen LogP contribution in [0.25, 0.3) is 0 Å². The van der Waals surface area contributed by atoms with Crippen molar-refractivity contribution in [2.24, 2.45) is 0 Å². The van der Waals surface area contributed by atoms with E-state index in [1.54, 1.807) is 14.2 Å². The van der Waals surface area contributed by atoms with Crippen LogP contribution in [0.5, 0.6) is 11.5 Å².